The van der Waals surface area contributed by atoms with E-state index in [0.717, 1.165) is 19.4 Å². The number of aliphatic carboxylic acids is 1. The molecule has 4 nitrogen and oxygen atoms in total. The van der Waals surface area contributed by atoms with Crippen LogP contribution in [0.5, 0.6) is 0 Å². The predicted molar refractivity (Wildman–Crippen MR) is 53.3 cm³/mol. The summed E-state index contributed by atoms with van der Waals surface area (Å²) in [5.41, 5.74) is -0.338. The lowest BCUT2D eigenvalue weighted by Crippen LogP contribution is -2.52. The van der Waals surface area contributed by atoms with E-state index in [-0.39, 0.29) is 12.0 Å². The molecule has 0 amide bonds. The largest absolute Gasteiger partial charge is 0.481 e. The van der Waals surface area contributed by atoms with Crippen LogP contribution in [0.25, 0.3) is 0 Å². The molecule has 4 heteroatoms. The molecule has 0 radical (unpaired) electrons. The van der Waals surface area contributed by atoms with Gasteiger partial charge in [0.2, 0.25) is 0 Å². The lowest BCUT2D eigenvalue weighted by Gasteiger charge is -2.32. The van der Waals surface area contributed by atoms with Crippen LogP contribution in [0.4, 0.5) is 0 Å². The van der Waals surface area contributed by atoms with Crippen LogP contribution < -0.4 is 5.32 Å². The van der Waals surface area contributed by atoms with Gasteiger partial charge in [-0.05, 0) is 25.3 Å². The quantitative estimate of drug-likeness (QED) is 0.641. The van der Waals surface area contributed by atoms with Crippen LogP contribution in [0.15, 0.2) is 0 Å². The summed E-state index contributed by atoms with van der Waals surface area (Å²) in [5, 5.41) is 12.2. The van der Waals surface area contributed by atoms with Gasteiger partial charge in [0.25, 0.3) is 0 Å². The third kappa shape index (κ3) is 2.69. The van der Waals surface area contributed by atoms with Gasteiger partial charge in [-0.15, -0.1) is 0 Å². The Morgan fingerprint density at radius 1 is 1.64 bits per heavy atom. The fourth-order valence-corrected chi connectivity index (χ4v) is 2.09. The van der Waals surface area contributed by atoms with Crippen LogP contribution in [0.1, 0.15) is 26.2 Å². The zero-order valence-corrected chi connectivity index (χ0v) is 8.88. The molecular weight excluding hydrogens is 182 g/mol. The van der Waals surface area contributed by atoms with Crippen molar-refractivity contribution in [2.75, 3.05) is 20.3 Å². The molecule has 0 aromatic rings. The van der Waals surface area contributed by atoms with Gasteiger partial charge in [0.1, 0.15) is 0 Å². The first-order valence-electron chi connectivity index (χ1n) is 5.10. The number of ether oxygens (including phenoxy) is 1. The van der Waals surface area contributed by atoms with Crippen molar-refractivity contribution in [3.8, 4) is 0 Å². The average Bonchev–Trinajstić information content (AvgIpc) is 2.85. The highest BCUT2D eigenvalue weighted by Crippen LogP contribution is 2.41. The summed E-state index contributed by atoms with van der Waals surface area (Å²) in [7, 11) is 1.62. The Morgan fingerprint density at radius 3 is 2.64 bits per heavy atom. The second kappa shape index (κ2) is 4.75. The first-order chi connectivity index (χ1) is 6.64. The molecule has 1 aliphatic rings. The standard InChI is InChI=1S/C10H19NO3/c1-3-11-10(7-14-2,6-9(12)13)8-4-5-8/h8,11H,3-7H2,1-2H3,(H,12,13). The van der Waals surface area contributed by atoms with Crippen molar-refractivity contribution in [1.29, 1.82) is 0 Å². The first-order valence-corrected chi connectivity index (χ1v) is 5.10. The van der Waals surface area contributed by atoms with E-state index in [4.69, 9.17) is 9.84 Å². The smallest absolute Gasteiger partial charge is 0.305 e. The molecule has 1 atom stereocenters. The van der Waals surface area contributed by atoms with E-state index in [0.29, 0.717) is 12.5 Å². The SMILES string of the molecule is CCNC(COC)(CC(=O)O)C1CC1. The number of carboxylic acid groups (broad SMARTS) is 1. The molecular formula is C10H19NO3. The summed E-state index contributed by atoms with van der Waals surface area (Å²) in [6, 6.07) is 0. The van der Waals surface area contributed by atoms with E-state index in [1.807, 2.05) is 6.92 Å². The van der Waals surface area contributed by atoms with Crippen LogP contribution in [0, 0.1) is 5.92 Å². The Kier molecular flexibility index (Phi) is 3.89. The summed E-state index contributed by atoms with van der Waals surface area (Å²) in [4.78, 5) is 10.8. The molecule has 0 aliphatic heterocycles. The summed E-state index contributed by atoms with van der Waals surface area (Å²) < 4.78 is 5.14. The monoisotopic (exact) mass is 201 g/mol. The Labute approximate surface area is 84.6 Å². The molecule has 1 fully saturated rings. The van der Waals surface area contributed by atoms with Crippen molar-refractivity contribution in [2.45, 2.75) is 31.7 Å². The molecule has 0 aromatic heterocycles. The minimum Gasteiger partial charge on any atom is -0.481 e. The molecule has 0 saturated heterocycles. The normalized spacial score (nSPS) is 20.4. The summed E-state index contributed by atoms with van der Waals surface area (Å²) in [6.07, 6.45) is 2.38. The second-order valence-corrected chi connectivity index (χ2v) is 3.96. The number of methoxy groups -OCH3 is 1. The highest BCUT2D eigenvalue weighted by Gasteiger charge is 2.46. The van der Waals surface area contributed by atoms with Crippen molar-refractivity contribution in [3.63, 3.8) is 0 Å². The highest BCUT2D eigenvalue weighted by atomic mass is 16.5. The lowest BCUT2D eigenvalue weighted by atomic mass is 9.90. The number of hydrogen-bond acceptors (Lipinski definition) is 3. The first kappa shape index (κ1) is 11.5. The van der Waals surface area contributed by atoms with E-state index in [2.05, 4.69) is 5.32 Å². The van der Waals surface area contributed by atoms with Gasteiger partial charge >= 0.3 is 5.97 Å². The Morgan fingerprint density at radius 2 is 2.29 bits per heavy atom. The van der Waals surface area contributed by atoms with Gasteiger partial charge in [0.05, 0.1) is 18.6 Å². The number of hydrogen-bond donors (Lipinski definition) is 2. The van der Waals surface area contributed by atoms with Gasteiger partial charge in [0, 0.05) is 7.11 Å². The van der Waals surface area contributed by atoms with Gasteiger partial charge < -0.3 is 15.2 Å². The second-order valence-electron chi connectivity index (χ2n) is 3.96. The third-order valence-electron chi connectivity index (χ3n) is 2.76. The summed E-state index contributed by atoms with van der Waals surface area (Å²) in [6.45, 7) is 3.26. The van der Waals surface area contributed by atoms with Crippen molar-refractivity contribution < 1.29 is 14.6 Å². The number of nitrogens with one attached hydrogen (secondary N) is 1. The maximum absolute atomic E-state index is 10.8. The van der Waals surface area contributed by atoms with E-state index >= 15 is 0 Å². The maximum Gasteiger partial charge on any atom is 0.305 e. The van der Waals surface area contributed by atoms with Gasteiger partial charge in [-0.1, -0.05) is 6.92 Å². The average molecular weight is 201 g/mol. The predicted octanol–water partition coefficient (Wildman–Crippen LogP) is 0.866. The zero-order chi connectivity index (χ0) is 10.6. The van der Waals surface area contributed by atoms with E-state index < -0.39 is 5.97 Å². The van der Waals surface area contributed by atoms with Crippen LogP contribution in [0.2, 0.25) is 0 Å². The minimum atomic E-state index is -0.755. The van der Waals surface area contributed by atoms with Crippen molar-refractivity contribution in [3.05, 3.63) is 0 Å². The molecule has 1 saturated carbocycles. The Balaban J connectivity index is 2.66. The van der Waals surface area contributed by atoms with Crippen LogP contribution in [-0.4, -0.2) is 36.9 Å². The van der Waals surface area contributed by atoms with Gasteiger partial charge in [-0.3, -0.25) is 4.79 Å². The van der Waals surface area contributed by atoms with Crippen molar-refractivity contribution in [1.82, 2.24) is 5.32 Å². The van der Waals surface area contributed by atoms with Crippen molar-refractivity contribution >= 4 is 5.97 Å². The fourth-order valence-electron chi connectivity index (χ4n) is 2.09. The minimum absolute atomic E-state index is 0.152. The topological polar surface area (TPSA) is 58.6 Å². The molecule has 0 heterocycles. The van der Waals surface area contributed by atoms with Crippen LogP contribution in [-0.2, 0) is 9.53 Å². The van der Waals surface area contributed by atoms with Gasteiger partial charge in [-0.25, -0.2) is 0 Å². The highest BCUT2D eigenvalue weighted by molar-refractivity contribution is 5.68. The fraction of sp³-hybridized carbons (Fsp3) is 0.900. The molecule has 82 valence electrons. The lowest BCUT2D eigenvalue weighted by molar-refractivity contribution is -0.139. The van der Waals surface area contributed by atoms with Crippen molar-refractivity contribution in [2.24, 2.45) is 5.92 Å². The number of carboxylic acids is 1. The van der Waals surface area contributed by atoms with E-state index in [9.17, 15) is 4.79 Å². The number of carbonyl (C=O) groups is 1. The van der Waals surface area contributed by atoms with E-state index in [1.54, 1.807) is 7.11 Å². The molecule has 1 rings (SSSR count). The summed E-state index contributed by atoms with van der Waals surface area (Å²) >= 11 is 0. The molecule has 14 heavy (non-hydrogen) atoms. The number of rotatable bonds is 7. The molecule has 0 aromatic carbocycles. The third-order valence-corrected chi connectivity index (χ3v) is 2.76. The molecule has 0 bridgehead atoms. The molecule has 1 unspecified atom stereocenters. The van der Waals surface area contributed by atoms with E-state index in [1.165, 1.54) is 0 Å². The van der Waals surface area contributed by atoms with Gasteiger partial charge in [0.15, 0.2) is 0 Å². The summed E-state index contributed by atoms with van der Waals surface area (Å²) in [5.74, 6) is -0.284. The Hall–Kier alpha value is -0.610. The molecule has 1 aliphatic carbocycles. The molecule has 2 N–H and O–H groups in total. The maximum atomic E-state index is 10.8. The van der Waals surface area contributed by atoms with Crippen LogP contribution in [0.3, 0.4) is 0 Å². The van der Waals surface area contributed by atoms with Gasteiger partial charge in [-0.2, -0.15) is 0 Å². The number of likely N-dealkylation sites (N-methyl/N-ethyl adjacent to an activating group) is 1. The van der Waals surface area contributed by atoms with Crippen LogP contribution >= 0.6 is 0 Å². The Bertz CT molecular complexity index is 196. The zero-order valence-electron chi connectivity index (χ0n) is 8.88. The molecule has 0 spiro atoms.